The first-order valence-electron chi connectivity index (χ1n) is 3.82. The summed E-state index contributed by atoms with van der Waals surface area (Å²) in [6, 6.07) is 0. The van der Waals surface area contributed by atoms with Crippen LogP contribution in [-0.2, 0) is 0 Å². The van der Waals surface area contributed by atoms with E-state index in [2.05, 4.69) is 0 Å². The van der Waals surface area contributed by atoms with Gasteiger partial charge < -0.3 is 0 Å². The Bertz CT molecular complexity index is 229. The summed E-state index contributed by atoms with van der Waals surface area (Å²) < 4.78 is 98.3. The van der Waals surface area contributed by atoms with Gasteiger partial charge in [0.2, 0.25) is 0 Å². The smallest absolute Gasteiger partial charge is 0.227 e. The zero-order valence-corrected chi connectivity index (χ0v) is 7.73. The standard InChI is InChI=1S/C7H8F8.4CH4/c1-3-5(9,10)6(11,12)4(2,8)7(13,14)15;;;;/h3H2,1-2H3;4*1H4. The molecule has 0 aliphatic carbocycles. The van der Waals surface area contributed by atoms with Crippen LogP contribution in [0, 0.1) is 0 Å². The van der Waals surface area contributed by atoms with Crippen LogP contribution >= 0.6 is 0 Å². The third-order valence-corrected chi connectivity index (χ3v) is 2.03. The maximum atomic E-state index is 12.7. The lowest BCUT2D eigenvalue weighted by Gasteiger charge is -2.36. The highest BCUT2D eigenvalue weighted by Crippen LogP contribution is 2.52. The van der Waals surface area contributed by atoms with E-state index >= 15 is 0 Å². The molecule has 0 saturated carbocycles. The third kappa shape index (κ3) is 4.80. The highest BCUT2D eigenvalue weighted by Gasteiger charge is 2.76. The Kier molecular flexibility index (Phi) is 12.9. The van der Waals surface area contributed by atoms with Gasteiger partial charge in [0.25, 0.3) is 5.67 Å². The van der Waals surface area contributed by atoms with E-state index in [0.29, 0.717) is 6.92 Å². The van der Waals surface area contributed by atoms with Gasteiger partial charge in [-0.1, -0.05) is 36.6 Å². The fourth-order valence-electron chi connectivity index (χ4n) is 0.743. The number of hydrogen-bond acceptors (Lipinski definition) is 0. The molecule has 0 heterocycles. The Morgan fingerprint density at radius 3 is 1.11 bits per heavy atom. The maximum Gasteiger partial charge on any atom is 0.428 e. The molecular weight excluding hydrogens is 284 g/mol. The molecule has 0 nitrogen and oxygen atoms in total. The lowest BCUT2D eigenvalue weighted by atomic mass is 9.92. The van der Waals surface area contributed by atoms with Crippen molar-refractivity contribution in [3.8, 4) is 0 Å². The van der Waals surface area contributed by atoms with Crippen LogP contribution < -0.4 is 0 Å². The lowest BCUT2D eigenvalue weighted by Crippen LogP contribution is -2.61. The van der Waals surface area contributed by atoms with Gasteiger partial charge in [-0.2, -0.15) is 30.7 Å². The van der Waals surface area contributed by atoms with E-state index in [4.69, 9.17) is 0 Å². The van der Waals surface area contributed by atoms with Crippen molar-refractivity contribution < 1.29 is 35.1 Å². The Morgan fingerprint density at radius 2 is 0.947 bits per heavy atom. The van der Waals surface area contributed by atoms with Crippen LogP contribution in [0.25, 0.3) is 0 Å². The van der Waals surface area contributed by atoms with Crippen molar-refractivity contribution in [3.63, 3.8) is 0 Å². The third-order valence-electron chi connectivity index (χ3n) is 2.03. The SMILES string of the molecule is C.C.C.C.CCC(F)(F)C(F)(F)C(C)(F)C(F)(F)F. The van der Waals surface area contributed by atoms with Gasteiger partial charge >= 0.3 is 18.0 Å². The number of rotatable bonds is 3. The molecule has 0 aromatic heterocycles. The molecule has 0 aliphatic heterocycles. The second kappa shape index (κ2) is 7.89. The number of alkyl halides is 8. The molecule has 0 N–H and O–H groups in total. The largest absolute Gasteiger partial charge is 0.428 e. The monoisotopic (exact) mass is 308 g/mol. The Hall–Kier alpha value is -0.560. The average molecular weight is 308 g/mol. The first-order chi connectivity index (χ1) is 6.31. The van der Waals surface area contributed by atoms with Crippen molar-refractivity contribution in [1.29, 1.82) is 0 Å². The highest BCUT2D eigenvalue weighted by atomic mass is 19.4. The van der Waals surface area contributed by atoms with Crippen molar-refractivity contribution in [3.05, 3.63) is 0 Å². The van der Waals surface area contributed by atoms with E-state index in [9.17, 15) is 35.1 Å². The summed E-state index contributed by atoms with van der Waals surface area (Å²) >= 11 is 0. The number of halogens is 8. The second-order valence-corrected chi connectivity index (χ2v) is 3.13. The van der Waals surface area contributed by atoms with Gasteiger partial charge in [-0.15, -0.1) is 0 Å². The molecule has 0 saturated heterocycles. The molecule has 0 radical (unpaired) electrons. The van der Waals surface area contributed by atoms with Crippen molar-refractivity contribution in [2.45, 2.75) is 73.7 Å². The van der Waals surface area contributed by atoms with Gasteiger partial charge in [0.1, 0.15) is 0 Å². The van der Waals surface area contributed by atoms with E-state index in [1.165, 1.54) is 0 Å². The predicted molar refractivity (Wildman–Crippen MR) is 62.7 cm³/mol. The molecule has 0 aromatic rings. The van der Waals surface area contributed by atoms with Crippen LogP contribution in [0.1, 0.15) is 50.0 Å². The van der Waals surface area contributed by atoms with Crippen LogP contribution in [0.3, 0.4) is 0 Å². The zero-order valence-electron chi connectivity index (χ0n) is 7.73. The van der Waals surface area contributed by atoms with Crippen LogP contribution in [0.15, 0.2) is 0 Å². The zero-order chi connectivity index (χ0) is 12.7. The minimum Gasteiger partial charge on any atom is -0.227 e. The van der Waals surface area contributed by atoms with Crippen molar-refractivity contribution >= 4 is 0 Å². The molecular formula is C11H24F8. The molecule has 0 fully saturated rings. The molecule has 0 amide bonds. The van der Waals surface area contributed by atoms with E-state index in [0.717, 1.165) is 0 Å². The van der Waals surface area contributed by atoms with Crippen LogP contribution in [-0.4, -0.2) is 23.7 Å². The lowest BCUT2D eigenvalue weighted by molar-refractivity contribution is -0.347. The maximum absolute atomic E-state index is 12.7. The van der Waals surface area contributed by atoms with Crippen molar-refractivity contribution in [2.75, 3.05) is 0 Å². The topological polar surface area (TPSA) is 0 Å². The van der Waals surface area contributed by atoms with E-state index in [-0.39, 0.29) is 29.7 Å². The van der Waals surface area contributed by atoms with Crippen LogP contribution in [0.4, 0.5) is 35.1 Å². The molecule has 124 valence electrons. The molecule has 0 spiro atoms. The van der Waals surface area contributed by atoms with E-state index in [1.54, 1.807) is 0 Å². The highest BCUT2D eigenvalue weighted by molar-refractivity contribution is 5.03. The first-order valence-corrected chi connectivity index (χ1v) is 3.82. The summed E-state index contributed by atoms with van der Waals surface area (Å²) in [7, 11) is 0. The summed E-state index contributed by atoms with van der Waals surface area (Å²) in [4.78, 5) is 0. The van der Waals surface area contributed by atoms with Crippen molar-refractivity contribution in [1.82, 2.24) is 0 Å². The van der Waals surface area contributed by atoms with Gasteiger partial charge in [-0.3, -0.25) is 0 Å². The quantitative estimate of drug-likeness (QED) is 0.522. The molecule has 0 rings (SSSR count). The second-order valence-electron chi connectivity index (χ2n) is 3.13. The summed E-state index contributed by atoms with van der Waals surface area (Å²) in [5.74, 6) is -10.8. The summed E-state index contributed by atoms with van der Waals surface area (Å²) in [6.45, 7) is -0.0586. The fourth-order valence-corrected chi connectivity index (χ4v) is 0.743. The minimum absolute atomic E-state index is 0. The molecule has 19 heavy (non-hydrogen) atoms. The summed E-state index contributed by atoms with van der Waals surface area (Å²) in [5.41, 5.74) is -5.26. The molecule has 1 atom stereocenters. The van der Waals surface area contributed by atoms with Gasteiger partial charge in [0, 0.05) is 6.42 Å². The Morgan fingerprint density at radius 1 is 0.684 bits per heavy atom. The summed E-state index contributed by atoms with van der Waals surface area (Å²) in [6.07, 6.45) is -7.65. The van der Waals surface area contributed by atoms with Crippen LogP contribution in [0.5, 0.6) is 0 Å². The molecule has 0 aromatic carbocycles. The van der Waals surface area contributed by atoms with E-state index < -0.39 is 37.0 Å². The Balaban J connectivity index is -0.000000163. The first kappa shape index (κ1) is 31.0. The van der Waals surface area contributed by atoms with Crippen molar-refractivity contribution in [2.24, 2.45) is 0 Å². The minimum atomic E-state index is -6.06. The average Bonchev–Trinajstić information content (AvgIpc) is 2.01. The summed E-state index contributed by atoms with van der Waals surface area (Å²) in [5, 5.41) is 0. The van der Waals surface area contributed by atoms with Gasteiger partial charge in [-0.25, -0.2) is 4.39 Å². The van der Waals surface area contributed by atoms with Gasteiger partial charge in [-0.05, 0) is 6.92 Å². The number of hydrogen-bond donors (Lipinski definition) is 0. The molecule has 1 unspecified atom stereocenters. The van der Waals surface area contributed by atoms with E-state index in [1.807, 2.05) is 0 Å². The van der Waals surface area contributed by atoms with Gasteiger partial charge in [0.15, 0.2) is 0 Å². The van der Waals surface area contributed by atoms with Crippen LogP contribution in [0.2, 0.25) is 0 Å². The van der Waals surface area contributed by atoms with Gasteiger partial charge in [0.05, 0.1) is 0 Å². The molecule has 0 aliphatic rings. The Labute approximate surface area is 110 Å². The molecule has 0 bridgehead atoms. The molecule has 8 heteroatoms. The predicted octanol–water partition coefficient (Wildman–Crippen LogP) is 6.50. The normalized spacial score (nSPS) is 14.8. The fraction of sp³-hybridized carbons (Fsp3) is 1.00.